The van der Waals surface area contributed by atoms with Crippen LogP contribution in [-0.2, 0) is 58.9 Å². The number of thiazole rings is 2. The van der Waals surface area contributed by atoms with E-state index in [1.54, 1.807) is 10.8 Å². The average molecular weight is 1550 g/mol. The van der Waals surface area contributed by atoms with Crippen LogP contribution < -0.4 is 76.9 Å². The number of hydrogen-bond acceptors (Lipinski definition) is 34. The van der Waals surface area contributed by atoms with Gasteiger partial charge in [-0.25, -0.2) is 29.7 Å². The fourth-order valence-corrected chi connectivity index (χ4v) is 12.7. The standard InChI is InChI=1S/C63H100N20O22S2/c1-25(2)16-30(64)55(95)72-13-8-7-11-70-12-9-14-73-56(96)34-22-107-60(79-34)35-23-106-39(78-35)10-15-74-57(97)41(29(6)86)81-54(94)27(4)43(88)28(5)77-59(99)42(82-58(98)40-26(3)51(67)83-53(80-40)32(17-38(66)87)75-18-31(65)52(68)93)48(33-19-71-24-76-33)103-62-50(46(91)44(89)36(20-84)102-62)104-61-47(92)49(105-63(69)100)45(90)37(21-85)101-61/h19,22-25,27-32,36-37,41-50,61-62,70,75,84-86,88-92H,7-18,20-21,64-65H2,1-6H3,(H2,66,87)(H2,68,93)(H2,69,100)(H,71,76)(H,72,95)(H,73,96)(H,74,97)(H,77,99)(H,81,94)(H,82,98)(H2,67,80,83)/t27-,28+,29+,30+,31-,32-,36-,37+,41-,42-,43-,44+,45+,46-,47-,48-,49-,50-,61+,62-/m0/s1. The number of imidazole rings is 1. The lowest BCUT2D eigenvalue weighted by molar-refractivity contribution is -0.372. The van der Waals surface area contributed by atoms with Crippen molar-refractivity contribution in [1.82, 2.24) is 72.4 Å². The number of aliphatic hydroxyl groups excluding tert-OH is 8. The van der Waals surface area contributed by atoms with Gasteiger partial charge in [-0.05, 0) is 65.5 Å². The number of hydrogen-bond donors (Lipinski definition) is 23. The van der Waals surface area contributed by atoms with Crippen LogP contribution in [0.15, 0.2) is 23.3 Å². The van der Waals surface area contributed by atoms with Crippen molar-refractivity contribution in [2.75, 3.05) is 58.2 Å². The molecule has 29 N–H and O–H groups in total. The minimum Gasteiger partial charge on any atom is -0.441 e. The molecule has 2 aliphatic heterocycles. The van der Waals surface area contributed by atoms with Crippen molar-refractivity contribution in [2.24, 2.45) is 40.5 Å². The van der Waals surface area contributed by atoms with Gasteiger partial charge >= 0.3 is 6.09 Å². The Hall–Kier alpha value is -8.26. The number of aliphatic hydroxyl groups is 8. The number of nitrogen functional groups attached to an aromatic ring is 1. The summed E-state index contributed by atoms with van der Waals surface area (Å²) >= 11 is 2.48. The average Bonchev–Trinajstić information content (AvgIpc) is 1.46. The quantitative estimate of drug-likeness (QED) is 0.0183. The molecule has 6 rings (SSSR count). The van der Waals surface area contributed by atoms with Crippen LogP contribution in [0.4, 0.5) is 10.6 Å². The molecule has 0 radical (unpaired) electrons. The highest BCUT2D eigenvalue weighted by molar-refractivity contribution is 7.14. The highest BCUT2D eigenvalue weighted by atomic mass is 32.1. The molecule has 2 saturated heterocycles. The highest BCUT2D eigenvalue weighted by Gasteiger charge is 2.54. The lowest BCUT2D eigenvalue weighted by atomic mass is 9.96. The van der Waals surface area contributed by atoms with Gasteiger partial charge in [-0.3, -0.25) is 38.4 Å². The molecule has 2 aliphatic rings. The van der Waals surface area contributed by atoms with Crippen LogP contribution in [0.2, 0.25) is 0 Å². The number of aromatic amines is 1. The van der Waals surface area contributed by atoms with Crippen LogP contribution in [-0.4, -0.2) is 280 Å². The predicted octanol–water partition coefficient (Wildman–Crippen LogP) is -7.72. The molecule has 44 heteroatoms. The van der Waals surface area contributed by atoms with Crippen molar-refractivity contribution in [2.45, 2.75) is 196 Å². The maximum absolute atomic E-state index is 15.2. The van der Waals surface area contributed by atoms with Crippen LogP contribution in [0.25, 0.3) is 10.7 Å². The maximum Gasteiger partial charge on any atom is 0.404 e. The molecule has 0 bridgehead atoms. The molecule has 0 aliphatic carbocycles. The van der Waals surface area contributed by atoms with Crippen molar-refractivity contribution in [1.29, 1.82) is 0 Å². The van der Waals surface area contributed by atoms with Gasteiger partial charge in [0.05, 0.1) is 78.7 Å². The van der Waals surface area contributed by atoms with E-state index >= 15 is 4.79 Å². The molecule has 2 fully saturated rings. The molecule has 0 aromatic carbocycles. The summed E-state index contributed by atoms with van der Waals surface area (Å²) in [6.45, 7) is 8.96. The number of anilines is 1. The Bertz CT molecular complexity index is 3580. The number of ether oxygens (including phenoxy) is 5. The first-order chi connectivity index (χ1) is 50.6. The number of unbranched alkanes of at least 4 members (excludes halogenated alkanes) is 1. The Morgan fingerprint density at radius 3 is 2.00 bits per heavy atom. The third-order valence-corrected chi connectivity index (χ3v) is 19.0. The van der Waals surface area contributed by atoms with Crippen LogP contribution in [0.3, 0.4) is 0 Å². The Morgan fingerprint density at radius 1 is 0.692 bits per heavy atom. The topological polar surface area (TPSA) is 694 Å². The normalized spacial score (nSPS) is 23.0. The molecule has 0 saturated carbocycles. The first-order valence-electron chi connectivity index (χ1n) is 34.3. The van der Waals surface area contributed by atoms with Gasteiger partial charge in [0.1, 0.15) is 94.6 Å². The number of carbonyl (C=O) groups is 9. The monoisotopic (exact) mass is 1550 g/mol. The van der Waals surface area contributed by atoms with Crippen LogP contribution in [0, 0.1) is 18.8 Å². The molecule has 6 heterocycles. The molecule has 0 unspecified atom stereocenters. The summed E-state index contributed by atoms with van der Waals surface area (Å²) < 4.78 is 28.8. The van der Waals surface area contributed by atoms with Gasteiger partial charge in [0.2, 0.25) is 35.4 Å². The number of nitrogens with zero attached hydrogens (tertiary/aromatic N) is 5. The highest BCUT2D eigenvalue weighted by Crippen LogP contribution is 2.35. The van der Waals surface area contributed by atoms with E-state index in [-0.39, 0.29) is 59.9 Å². The molecule has 0 spiro atoms. The van der Waals surface area contributed by atoms with E-state index in [1.165, 1.54) is 50.4 Å². The van der Waals surface area contributed by atoms with Crippen molar-refractivity contribution < 1.29 is 108 Å². The van der Waals surface area contributed by atoms with Crippen LogP contribution >= 0.6 is 22.7 Å². The summed E-state index contributed by atoms with van der Waals surface area (Å²) in [5, 5.41) is 115. The zero-order valence-electron chi connectivity index (χ0n) is 59.6. The Balaban J connectivity index is 1.15. The van der Waals surface area contributed by atoms with Crippen molar-refractivity contribution in [3.8, 4) is 10.7 Å². The zero-order chi connectivity index (χ0) is 79.1. The van der Waals surface area contributed by atoms with Gasteiger partial charge in [-0.1, -0.05) is 20.8 Å². The molecular formula is C63H100N20O22S2. The Labute approximate surface area is 621 Å². The first kappa shape index (κ1) is 87.6. The number of carbonyl (C=O) groups excluding carboxylic acids is 9. The summed E-state index contributed by atoms with van der Waals surface area (Å²) in [5.41, 5.74) is 33.9. The number of nitrogens with one attached hydrogen (secondary N) is 9. The second kappa shape index (κ2) is 41.9. The van der Waals surface area contributed by atoms with Gasteiger partial charge in [0.15, 0.2) is 18.7 Å². The zero-order valence-corrected chi connectivity index (χ0v) is 61.3. The second-order valence-electron chi connectivity index (χ2n) is 26.1. The Kier molecular flexibility index (Phi) is 34.3. The van der Waals surface area contributed by atoms with Gasteiger partial charge in [-0.2, -0.15) is 0 Å². The minimum atomic E-state index is -2.21. The number of rotatable bonds is 43. The van der Waals surface area contributed by atoms with Crippen molar-refractivity contribution in [3.05, 3.63) is 56.8 Å². The lowest BCUT2D eigenvalue weighted by Gasteiger charge is -2.47. The minimum absolute atomic E-state index is 0.0289. The number of H-pyrrole nitrogens is 1. The second-order valence-corrected chi connectivity index (χ2v) is 27.9. The SMILES string of the molecule is Cc1c(N)nc([C@H](CC(N)=O)NC[C@H](N)C(N)=O)nc1C(=O)N[C@H](C(=O)N[C@H](C)[C@@H](O)[C@H](C)C(=O)N[C@H](C(=O)NCCc1nc(-c2nc(C(=O)NCCCNCCCCNC(=O)[C@H](N)CC(C)C)cs2)cs1)[C@@H](C)O)[C@@H](O[C@@H]1O[C@@H](CO)[C@@H](O)[C@H](O)[C@@H]1O[C@H]1O[C@H](CO)[C@@H](O)[C@H](OC(N)=O)[C@@H]1O)c1cnc[nH]1. The molecular weight excluding hydrogens is 1450 g/mol. The van der Waals surface area contributed by atoms with Gasteiger partial charge in [0, 0.05) is 55.3 Å². The van der Waals surface area contributed by atoms with E-state index in [1.807, 2.05) is 13.8 Å². The van der Waals surface area contributed by atoms with Crippen molar-refractivity contribution >= 4 is 81.8 Å². The van der Waals surface area contributed by atoms with Crippen LogP contribution in [0.5, 0.6) is 0 Å². The summed E-state index contributed by atoms with van der Waals surface area (Å²) in [5.74, 6) is -8.65. The first-order valence-corrected chi connectivity index (χ1v) is 36.1. The summed E-state index contributed by atoms with van der Waals surface area (Å²) in [4.78, 5) is 143. The van der Waals surface area contributed by atoms with Gasteiger partial charge in [0.25, 0.3) is 11.8 Å². The van der Waals surface area contributed by atoms with E-state index < -0.39 is 189 Å². The van der Waals surface area contributed by atoms with Crippen LogP contribution in [0.1, 0.15) is 122 Å². The smallest absolute Gasteiger partial charge is 0.404 e. The molecule has 9 amide bonds. The molecule has 20 atom stereocenters. The van der Waals surface area contributed by atoms with E-state index in [0.717, 1.165) is 31.9 Å². The predicted molar refractivity (Wildman–Crippen MR) is 377 cm³/mol. The third kappa shape index (κ3) is 25.1. The molecule has 596 valence electrons. The van der Waals surface area contributed by atoms with E-state index in [0.29, 0.717) is 54.1 Å². The Morgan fingerprint density at radius 2 is 1.36 bits per heavy atom. The van der Waals surface area contributed by atoms with E-state index in [2.05, 4.69) is 72.4 Å². The molecule has 4 aromatic heterocycles. The van der Waals surface area contributed by atoms with Gasteiger partial charge < -0.3 is 146 Å². The largest absolute Gasteiger partial charge is 0.441 e. The van der Waals surface area contributed by atoms with Gasteiger partial charge in [-0.15, -0.1) is 22.7 Å². The molecule has 107 heavy (non-hydrogen) atoms. The summed E-state index contributed by atoms with van der Waals surface area (Å²) in [7, 11) is 0. The van der Waals surface area contributed by atoms with E-state index in [4.69, 9.17) is 58.1 Å². The van der Waals surface area contributed by atoms with E-state index in [9.17, 15) is 79.2 Å². The fraction of sp³-hybridized carbons (Fsp3) is 0.651. The van der Waals surface area contributed by atoms with Crippen molar-refractivity contribution in [3.63, 3.8) is 0 Å². The number of nitrogens with two attached hydrogens (primary N) is 6. The lowest BCUT2D eigenvalue weighted by Crippen LogP contribution is -2.65. The fourth-order valence-electron chi connectivity index (χ4n) is 11.1. The summed E-state index contributed by atoms with van der Waals surface area (Å²) in [6, 6.07) is -8.43. The summed E-state index contributed by atoms with van der Waals surface area (Å²) in [6.07, 6.45) is -22.3. The molecule has 42 nitrogen and oxygen atoms in total. The number of amides is 9. The maximum atomic E-state index is 15.2. The molecule has 4 aromatic rings. The number of primary amides is 3. The third-order valence-electron chi connectivity index (χ3n) is 17.2. The number of aromatic nitrogens is 6.